The first-order chi connectivity index (χ1) is 14.5. The van der Waals surface area contributed by atoms with Gasteiger partial charge in [0.25, 0.3) is 5.91 Å². The second-order valence-corrected chi connectivity index (χ2v) is 9.26. The van der Waals surface area contributed by atoms with E-state index in [1.807, 2.05) is 6.07 Å². The second-order valence-electron chi connectivity index (χ2n) is 6.95. The van der Waals surface area contributed by atoms with Gasteiger partial charge in [0.2, 0.25) is 10.0 Å². The van der Waals surface area contributed by atoms with Crippen molar-refractivity contribution in [3.63, 3.8) is 0 Å². The highest BCUT2D eigenvalue weighted by atomic mass is 35.5. The molecule has 1 amide bonds. The van der Waals surface area contributed by atoms with E-state index >= 15 is 0 Å². The van der Waals surface area contributed by atoms with Gasteiger partial charge in [0.15, 0.2) is 6.10 Å². The summed E-state index contributed by atoms with van der Waals surface area (Å²) in [4.78, 5) is 13.5. The summed E-state index contributed by atoms with van der Waals surface area (Å²) < 4.78 is 71.4. The zero-order chi connectivity index (χ0) is 22.8. The summed E-state index contributed by atoms with van der Waals surface area (Å²) in [6.45, 7) is 1.62. The number of para-hydroxylation sites is 1. The number of ether oxygens (including phenoxy) is 1. The van der Waals surface area contributed by atoms with Crippen molar-refractivity contribution < 1.29 is 31.1 Å². The first-order valence-corrected chi connectivity index (χ1v) is 11.2. The van der Waals surface area contributed by atoms with E-state index < -0.39 is 32.8 Å². The average molecular weight is 477 g/mol. The van der Waals surface area contributed by atoms with Gasteiger partial charge in [0.05, 0.1) is 10.6 Å². The highest BCUT2D eigenvalue weighted by Gasteiger charge is 2.36. The van der Waals surface area contributed by atoms with E-state index in [0.29, 0.717) is 11.8 Å². The molecule has 31 heavy (non-hydrogen) atoms. The molecular formula is C20H20ClF3N2O4S. The van der Waals surface area contributed by atoms with Gasteiger partial charge in [-0.1, -0.05) is 29.8 Å². The molecule has 0 aliphatic carbocycles. The van der Waals surface area contributed by atoms with Gasteiger partial charge in [0.1, 0.15) is 10.6 Å². The summed E-state index contributed by atoms with van der Waals surface area (Å²) in [5.41, 5.74) is -1.10. The minimum Gasteiger partial charge on any atom is -0.481 e. The smallest absolute Gasteiger partial charge is 0.416 e. The van der Waals surface area contributed by atoms with Crippen LogP contribution >= 0.6 is 11.6 Å². The number of nitrogens with zero attached hydrogens (tertiary/aromatic N) is 2. The number of halogens is 4. The molecule has 1 saturated heterocycles. The number of carbonyl (C=O) groups is 1. The van der Waals surface area contributed by atoms with Crippen molar-refractivity contribution in [2.45, 2.75) is 24.1 Å². The fraction of sp³-hybridized carbons (Fsp3) is 0.350. The van der Waals surface area contributed by atoms with Crippen LogP contribution in [0, 0.1) is 0 Å². The molecule has 0 bridgehead atoms. The van der Waals surface area contributed by atoms with Crippen molar-refractivity contribution in [3.05, 3.63) is 59.1 Å². The molecule has 0 saturated carbocycles. The molecule has 11 heteroatoms. The lowest BCUT2D eigenvalue weighted by Crippen LogP contribution is -2.53. The Hall–Kier alpha value is -2.30. The van der Waals surface area contributed by atoms with E-state index in [-0.39, 0.29) is 37.1 Å². The zero-order valence-corrected chi connectivity index (χ0v) is 18.0. The number of rotatable bonds is 5. The Kier molecular flexibility index (Phi) is 6.82. The van der Waals surface area contributed by atoms with Crippen molar-refractivity contribution in [1.82, 2.24) is 9.21 Å². The van der Waals surface area contributed by atoms with Gasteiger partial charge in [-0.3, -0.25) is 4.79 Å². The molecule has 1 fully saturated rings. The summed E-state index contributed by atoms with van der Waals surface area (Å²) in [5.74, 6) is 0.224. The summed E-state index contributed by atoms with van der Waals surface area (Å²) >= 11 is 5.89. The molecule has 3 rings (SSSR count). The van der Waals surface area contributed by atoms with Crippen LogP contribution in [0.25, 0.3) is 0 Å². The van der Waals surface area contributed by atoms with Gasteiger partial charge < -0.3 is 9.64 Å². The number of benzene rings is 2. The van der Waals surface area contributed by atoms with Crippen molar-refractivity contribution in [3.8, 4) is 5.75 Å². The average Bonchev–Trinajstić information content (AvgIpc) is 2.73. The molecule has 0 spiro atoms. The Labute approximate surface area is 183 Å². The highest BCUT2D eigenvalue weighted by Crippen LogP contribution is 2.34. The van der Waals surface area contributed by atoms with Crippen LogP contribution in [0.15, 0.2) is 53.4 Å². The third kappa shape index (κ3) is 5.31. The van der Waals surface area contributed by atoms with E-state index in [4.69, 9.17) is 16.3 Å². The SMILES string of the molecule is CC(Oc1ccccc1)C(=O)N1CCN(S(=O)(=O)c2cc(C(F)(F)F)ccc2Cl)CC1. The molecule has 1 atom stereocenters. The van der Waals surface area contributed by atoms with E-state index in [2.05, 4.69) is 0 Å². The number of carbonyl (C=O) groups excluding carboxylic acids is 1. The van der Waals surface area contributed by atoms with Crippen molar-refractivity contribution >= 4 is 27.5 Å². The number of piperazine rings is 1. The van der Waals surface area contributed by atoms with Crippen LogP contribution in [0.1, 0.15) is 12.5 Å². The predicted octanol–water partition coefficient (Wildman–Crippen LogP) is 3.66. The van der Waals surface area contributed by atoms with Gasteiger partial charge in [0, 0.05) is 26.2 Å². The number of hydrogen-bond donors (Lipinski definition) is 0. The zero-order valence-electron chi connectivity index (χ0n) is 16.5. The quantitative estimate of drug-likeness (QED) is 0.660. The summed E-state index contributed by atoms with van der Waals surface area (Å²) in [6.07, 6.45) is -5.47. The Morgan fingerprint density at radius 2 is 1.68 bits per heavy atom. The van der Waals surface area contributed by atoms with Crippen molar-refractivity contribution in [2.75, 3.05) is 26.2 Å². The first-order valence-electron chi connectivity index (χ1n) is 9.37. The highest BCUT2D eigenvalue weighted by molar-refractivity contribution is 7.89. The molecule has 0 N–H and O–H groups in total. The summed E-state index contributed by atoms with van der Waals surface area (Å²) in [6, 6.07) is 11.0. The lowest BCUT2D eigenvalue weighted by molar-refractivity contribution is -0.139. The number of sulfonamides is 1. The maximum Gasteiger partial charge on any atom is 0.416 e. The Bertz CT molecular complexity index is 1040. The molecule has 2 aromatic rings. The molecule has 6 nitrogen and oxygen atoms in total. The molecule has 168 valence electrons. The minimum absolute atomic E-state index is 0.0707. The van der Waals surface area contributed by atoms with Crippen molar-refractivity contribution in [2.24, 2.45) is 0 Å². The normalized spacial score (nSPS) is 16.7. The van der Waals surface area contributed by atoms with E-state index in [9.17, 15) is 26.4 Å². The third-order valence-corrected chi connectivity index (χ3v) is 7.21. The standard InChI is InChI=1S/C20H20ClF3N2O4S/c1-14(30-16-5-3-2-4-6-16)19(27)25-9-11-26(12-10-25)31(28,29)18-13-15(20(22,23)24)7-8-17(18)21/h2-8,13-14H,9-12H2,1H3. The van der Waals surface area contributed by atoms with Crippen molar-refractivity contribution in [1.29, 1.82) is 0 Å². The summed E-state index contributed by atoms with van der Waals surface area (Å²) in [5, 5.41) is -0.295. The summed E-state index contributed by atoms with van der Waals surface area (Å²) in [7, 11) is -4.26. The predicted molar refractivity (Wildman–Crippen MR) is 108 cm³/mol. The van der Waals surface area contributed by atoms with E-state index in [0.717, 1.165) is 16.4 Å². The molecule has 0 aromatic heterocycles. The lowest BCUT2D eigenvalue weighted by atomic mass is 10.2. The van der Waals surface area contributed by atoms with Gasteiger partial charge in [-0.05, 0) is 37.3 Å². The van der Waals surface area contributed by atoms with Crippen LogP contribution in [0.4, 0.5) is 13.2 Å². The Morgan fingerprint density at radius 1 is 1.06 bits per heavy atom. The fourth-order valence-corrected chi connectivity index (χ4v) is 5.10. The monoisotopic (exact) mass is 476 g/mol. The van der Waals surface area contributed by atoms with E-state index in [1.165, 1.54) is 4.90 Å². The number of amides is 1. The van der Waals surface area contributed by atoms with Crippen LogP contribution in [0.2, 0.25) is 5.02 Å². The van der Waals surface area contributed by atoms with Gasteiger partial charge >= 0.3 is 6.18 Å². The number of alkyl halides is 3. The molecule has 0 radical (unpaired) electrons. The largest absolute Gasteiger partial charge is 0.481 e. The van der Waals surface area contributed by atoms with Gasteiger partial charge in [-0.15, -0.1) is 0 Å². The first kappa shape index (κ1) is 23.4. The molecule has 2 aromatic carbocycles. The van der Waals surface area contributed by atoms with Crippen LogP contribution in [-0.2, 0) is 21.0 Å². The third-order valence-electron chi connectivity index (χ3n) is 4.83. The lowest BCUT2D eigenvalue weighted by Gasteiger charge is -2.35. The Morgan fingerprint density at radius 3 is 2.26 bits per heavy atom. The van der Waals surface area contributed by atoms with Crippen LogP contribution in [0.3, 0.4) is 0 Å². The van der Waals surface area contributed by atoms with Gasteiger partial charge in [-0.2, -0.15) is 17.5 Å². The molecule has 1 aliphatic rings. The molecular weight excluding hydrogens is 457 g/mol. The minimum atomic E-state index is -4.70. The molecule has 1 aliphatic heterocycles. The fourth-order valence-electron chi connectivity index (χ4n) is 3.18. The van der Waals surface area contributed by atoms with Crippen LogP contribution in [0.5, 0.6) is 5.75 Å². The number of hydrogen-bond acceptors (Lipinski definition) is 4. The maximum absolute atomic E-state index is 13.0. The van der Waals surface area contributed by atoms with Crippen LogP contribution < -0.4 is 4.74 Å². The second kappa shape index (κ2) is 9.05. The van der Waals surface area contributed by atoms with Gasteiger partial charge in [-0.25, -0.2) is 8.42 Å². The van der Waals surface area contributed by atoms with E-state index in [1.54, 1.807) is 31.2 Å². The molecule has 1 unspecified atom stereocenters. The Balaban J connectivity index is 1.68. The molecule has 1 heterocycles. The van der Waals surface area contributed by atoms with Crippen LogP contribution in [-0.4, -0.2) is 55.8 Å². The topological polar surface area (TPSA) is 66.9 Å². The maximum atomic E-state index is 13.0.